The molecule has 6 heteroatoms. The molecule has 3 rings (SSSR count). The van der Waals surface area contributed by atoms with E-state index in [0.717, 1.165) is 12.0 Å². The van der Waals surface area contributed by atoms with Gasteiger partial charge in [0.25, 0.3) is 0 Å². The molecule has 23 heavy (non-hydrogen) atoms. The largest absolute Gasteiger partial charge is 0.450 e. The van der Waals surface area contributed by atoms with Gasteiger partial charge in [-0.15, -0.1) is 0 Å². The van der Waals surface area contributed by atoms with Crippen molar-refractivity contribution in [1.82, 2.24) is 9.80 Å². The smallest absolute Gasteiger partial charge is 0.409 e. The molecule has 2 aliphatic rings. The highest BCUT2D eigenvalue weighted by atomic mass is 19.1. The second-order valence-electron chi connectivity index (χ2n) is 6.01. The number of benzene rings is 1. The topological polar surface area (TPSA) is 49.9 Å². The number of nitrogens with zero attached hydrogens (tertiary/aromatic N) is 2. The van der Waals surface area contributed by atoms with E-state index < -0.39 is 0 Å². The number of carbonyl (C=O) groups excluding carboxylic acids is 2. The third kappa shape index (κ3) is 3.46. The Morgan fingerprint density at radius 2 is 1.74 bits per heavy atom. The standard InChI is InChI=1S/C17H21FN2O3/c1-2-23-17(22)20-9-7-19(8-10-20)16(21)15-11-14(15)12-3-5-13(18)6-4-12/h3-6,14-15H,2,7-11H2,1H3. The number of ether oxygens (including phenoxy) is 1. The molecule has 0 N–H and O–H groups in total. The van der Waals surface area contributed by atoms with E-state index >= 15 is 0 Å². The van der Waals surface area contributed by atoms with E-state index in [1.165, 1.54) is 12.1 Å². The van der Waals surface area contributed by atoms with Crippen molar-refractivity contribution in [1.29, 1.82) is 0 Å². The van der Waals surface area contributed by atoms with Crippen LogP contribution in [0.3, 0.4) is 0 Å². The lowest BCUT2D eigenvalue weighted by molar-refractivity contribution is -0.134. The van der Waals surface area contributed by atoms with E-state index in [2.05, 4.69) is 0 Å². The third-order valence-electron chi connectivity index (χ3n) is 4.52. The number of rotatable bonds is 3. The summed E-state index contributed by atoms with van der Waals surface area (Å²) in [5.41, 5.74) is 1.02. The van der Waals surface area contributed by atoms with Gasteiger partial charge in [0.15, 0.2) is 0 Å². The molecule has 2 unspecified atom stereocenters. The Morgan fingerprint density at radius 3 is 2.35 bits per heavy atom. The van der Waals surface area contributed by atoms with Crippen LogP contribution in [0.25, 0.3) is 0 Å². The highest BCUT2D eigenvalue weighted by Gasteiger charge is 2.46. The first kappa shape index (κ1) is 15.8. The fraction of sp³-hybridized carbons (Fsp3) is 0.529. The molecule has 2 amide bonds. The molecule has 1 saturated carbocycles. The van der Waals surface area contributed by atoms with E-state index in [1.807, 2.05) is 4.90 Å². The molecule has 0 bridgehead atoms. The van der Waals surface area contributed by atoms with Gasteiger partial charge in [0.2, 0.25) is 5.91 Å². The Balaban J connectivity index is 1.51. The van der Waals surface area contributed by atoms with Gasteiger partial charge < -0.3 is 14.5 Å². The van der Waals surface area contributed by atoms with Gasteiger partial charge in [-0.05, 0) is 37.0 Å². The summed E-state index contributed by atoms with van der Waals surface area (Å²) in [5.74, 6) is 0.0796. The van der Waals surface area contributed by atoms with Gasteiger partial charge in [0, 0.05) is 32.1 Å². The van der Waals surface area contributed by atoms with E-state index in [4.69, 9.17) is 4.74 Å². The van der Waals surface area contributed by atoms with Crippen LogP contribution < -0.4 is 0 Å². The van der Waals surface area contributed by atoms with Crippen LogP contribution in [0.1, 0.15) is 24.8 Å². The predicted molar refractivity (Wildman–Crippen MR) is 82.4 cm³/mol. The minimum atomic E-state index is -0.310. The Bertz CT molecular complexity index is 582. The molecule has 1 aliphatic carbocycles. The number of hydrogen-bond acceptors (Lipinski definition) is 3. The molecule has 2 fully saturated rings. The lowest BCUT2D eigenvalue weighted by Crippen LogP contribution is -2.51. The van der Waals surface area contributed by atoms with Crippen LogP contribution in [0.15, 0.2) is 24.3 Å². The van der Waals surface area contributed by atoms with Gasteiger partial charge in [-0.3, -0.25) is 4.79 Å². The summed E-state index contributed by atoms with van der Waals surface area (Å²) in [6, 6.07) is 6.39. The van der Waals surface area contributed by atoms with Gasteiger partial charge >= 0.3 is 6.09 Å². The van der Waals surface area contributed by atoms with Crippen molar-refractivity contribution in [3.8, 4) is 0 Å². The zero-order valence-corrected chi connectivity index (χ0v) is 13.2. The molecular weight excluding hydrogens is 299 g/mol. The molecule has 0 spiro atoms. The molecule has 0 radical (unpaired) electrons. The van der Waals surface area contributed by atoms with Crippen LogP contribution in [0.5, 0.6) is 0 Å². The Morgan fingerprint density at radius 1 is 1.13 bits per heavy atom. The molecule has 2 atom stereocenters. The second kappa shape index (κ2) is 6.56. The number of hydrogen-bond donors (Lipinski definition) is 0. The fourth-order valence-corrected chi connectivity index (χ4v) is 3.10. The van der Waals surface area contributed by atoms with Crippen molar-refractivity contribution < 1.29 is 18.7 Å². The summed E-state index contributed by atoms with van der Waals surface area (Å²) in [6.07, 6.45) is 0.512. The average Bonchev–Trinajstić information content (AvgIpc) is 3.36. The average molecular weight is 320 g/mol. The predicted octanol–water partition coefficient (Wildman–Crippen LogP) is 2.23. The minimum absolute atomic E-state index is 0.00500. The number of piperazine rings is 1. The summed E-state index contributed by atoms with van der Waals surface area (Å²) in [4.78, 5) is 27.6. The molecule has 1 aromatic rings. The van der Waals surface area contributed by atoms with Crippen molar-refractivity contribution >= 4 is 12.0 Å². The van der Waals surface area contributed by atoms with Crippen molar-refractivity contribution in [3.63, 3.8) is 0 Å². The summed E-state index contributed by atoms with van der Waals surface area (Å²) < 4.78 is 17.9. The van der Waals surface area contributed by atoms with Crippen LogP contribution in [-0.2, 0) is 9.53 Å². The summed E-state index contributed by atoms with van der Waals surface area (Å²) >= 11 is 0. The molecule has 5 nitrogen and oxygen atoms in total. The molecule has 0 aromatic heterocycles. The third-order valence-corrected chi connectivity index (χ3v) is 4.52. The monoisotopic (exact) mass is 320 g/mol. The van der Waals surface area contributed by atoms with Gasteiger partial charge in [-0.1, -0.05) is 12.1 Å². The summed E-state index contributed by atoms with van der Waals surface area (Å²) in [6.45, 7) is 4.26. The molecule has 1 aliphatic heterocycles. The maximum Gasteiger partial charge on any atom is 0.409 e. The van der Waals surface area contributed by atoms with Crippen molar-refractivity contribution in [2.45, 2.75) is 19.3 Å². The first-order chi connectivity index (χ1) is 11.1. The van der Waals surface area contributed by atoms with Crippen LogP contribution >= 0.6 is 0 Å². The first-order valence-corrected chi connectivity index (χ1v) is 8.06. The molecule has 1 aromatic carbocycles. The van der Waals surface area contributed by atoms with E-state index in [-0.39, 0.29) is 29.7 Å². The van der Waals surface area contributed by atoms with Crippen LogP contribution in [0, 0.1) is 11.7 Å². The van der Waals surface area contributed by atoms with Gasteiger partial charge in [0.05, 0.1) is 6.61 Å². The van der Waals surface area contributed by atoms with Gasteiger partial charge in [-0.2, -0.15) is 0 Å². The number of amides is 2. The Labute approximate surface area is 135 Å². The van der Waals surface area contributed by atoms with Crippen LogP contribution in [0.2, 0.25) is 0 Å². The number of halogens is 1. The van der Waals surface area contributed by atoms with E-state index in [9.17, 15) is 14.0 Å². The van der Waals surface area contributed by atoms with Crippen LogP contribution in [0.4, 0.5) is 9.18 Å². The highest BCUT2D eigenvalue weighted by Crippen LogP contribution is 2.48. The Hall–Kier alpha value is -2.11. The lowest BCUT2D eigenvalue weighted by atomic mass is 10.1. The summed E-state index contributed by atoms with van der Waals surface area (Å²) in [7, 11) is 0. The maximum absolute atomic E-state index is 13.0. The maximum atomic E-state index is 13.0. The highest BCUT2D eigenvalue weighted by molar-refractivity contribution is 5.83. The molecule has 1 saturated heterocycles. The SMILES string of the molecule is CCOC(=O)N1CCN(C(=O)C2CC2c2ccc(F)cc2)CC1. The van der Waals surface area contributed by atoms with E-state index in [0.29, 0.717) is 32.8 Å². The quantitative estimate of drug-likeness (QED) is 0.858. The molecule has 124 valence electrons. The molecule has 1 heterocycles. The van der Waals surface area contributed by atoms with Crippen molar-refractivity contribution in [2.24, 2.45) is 5.92 Å². The number of carbonyl (C=O) groups is 2. The zero-order chi connectivity index (χ0) is 16.4. The van der Waals surface area contributed by atoms with E-state index in [1.54, 1.807) is 24.0 Å². The second-order valence-corrected chi connectivity index (χ2v) is 6.01. The zero-order valence-electron chi connectivity index (χ0n) is 13.2. The lowest BCUT2D eigenvalue weighted by Gasteiger charge is -2.34. The Kier molecular flexibility index (Phi) is 4.50. The van der Waals surface area contributed by atoms with Crippen molar-refractivity contribution in [3.05, 3.63) is 35.6 Å². The minimum Gasteiger partial charge on any atom is -0.450 e. The fourth-order valence-electron chi connectivity index (χ4n) is 3.10. The van der Waals surface area contributed by atoms with Gasteiger partial charge in [-0.25, -0.2) is 9.18 Å². The first-order valence-electron chi connectivity index (χ1n) is 8.06. The molecular formula is C17H21FN2O3. The summed E-state index contributed by atoms with van der Waals surface area (Å²) in [5, 5.41) is 0. The normalized spacial score (nSPS) is 23.6. The van der Waals surface area contributed by atoms with Gasteiger partial charge in [0.1, 0.15) is 5.82 Å². The van der Waals surface area contributed by atoms with Crippen LogP contribution in [-0.4, -0.2) is 54.6 Å². The van der Waals surface area contributed by atoms with Crippen molar-refractivity contribution in [2.75, 3.05) is 32.8 Å².